The monoisotopic (exact) mass is 280 g/mol. The van der Waals surface area contributed by atoms with Crippen molar-refractivity contribution in [2.45, 2.75) is 0 Å². The summed E-state index contributed by atoms with van der Waals surface area (Å²) in [7, 11) is 0. The van der Waals surface area contributed by atoms with Gasteiger partial charge in [0.05, 0.1) is 0 Å². The number of rotatable bonds is 3. The lowest BCUT2D eigenvalue weighted by atomic mass is 10.3. The van der Waals surface area contributed by atoms with Gasteiger partial charge in [-0.15, -0.1) is 0 Å². The van der Waals surface area contributed by atoms with Crippen molar-refractivity contribution in [3.63, 3.8) is 0 Å². The molecular formula is C10H9BrN4O. The van der Waals surface area contributed by atoms with Gasteiger partial charge >= 0.3 is 0 Å². The Kier molecular flexibility index (Phi) is 3.33. The maximum Gasteiger partial charge on any atom is 0.224 e. The van der Waals surface area contributed by atoms with E-state index in [1.165, 1.54) is 6.33 Å². The van der Waals surface area contributed by atoms with E-state index in [4.69, 9.17) is 10.6 Å². The molecule has 1 aromatic heterocycles. The number of ether oxygens (including phenoxy) is 1. The Morgan fingerprint density at radius 2 is 2.12 bits per heavy atom. The van der Waals surface area contributed by atoms with E-state index < -0.39 is 0 Å². The highest BCUT2D eigenvalue weighted by atomic mass is 79.9. The van der Waals surface area contributed by atoms with Crippen LogP contribution in [0.5, 0.6) is 11.6 Å². The molecule has 0 spiro atoms. The average Bonchev–Trinajstić information content (AvgIpc) is 2.29. The van der Waals surface area contributed by atoms with Crippen molar-refractivity contribution in [3.05, 3.63) is 41.1 Å². The second kappa shape index (κ2) is 4.91. The molecule has 1 heterocycles. The highest BCUT2D eigenvalue weighted by Gasteiger charge is 2.00. The Labute approximate surface area is 101 Å². The Balaban J connectivity index is 2.20. The number of halogens is 1. The van der Waals surface area contributed by atoms with Crippen molar-refractivity contribution < 1.29 is 4.74 Å². The van der Waals surface area contributed by atoms with Crippen LogP contribution in [0.2, 0.25) is 0 Å². The quantitative estimate of drug-likeness (QED) is 0.667. The van der Waals surface area contributed by atoms with Crippen LogP contribution in [-0.2, 0) is 0 Å². The molecule has 2 aromatic rings. The van der Waals surface area contributed by atoms with E-state index in [9.17, 15) is 0 Å². The van der Waals surface area contributed by atoms with Crippen molar-refractivity contribution in [2.75, 3.05) is 5.43 Å². The van der Waals surface area contributed by atoms with Crippen molar-refractivity contribution in [3.8, 4) is 11.6 Å². The molecule has 0 aliphatic carbocycles. The summed E-state index contributed by atoms with van der Waals surface area (Å²) in [6.45, 7) is 0. The summed E-state index contributed by atoms with van der Waals surface area (Å²) in [6, 6.07) is 9.09. The SMILES string of the molecule is NNc1cc(Oc2cccc(Br)c2)ncn1. The zero-order chi connectivity index (χ0) is 11.4. The molecule has 0 saturated carbocycles. The molecular weight excluding hydrogens is 272 g/mol. The van der Waals surface area contributed by atoms with Gasteiger partial charge in [0.15, 0.2) is 0 Å². The third-order valence-corrected chi connectivity index (χ3v) is 2.30. The summed E-state index contributed by atoms with van der Waals surface area (Å²) in [5.74, 6) is 6.86. The predicted octanol–water partition coefficient (Wildman–Crippen LogP) is 2.32. The lowest BCUT2D eigenvalue weighted by Gasteiger charge is -2.05. The molecule has 16 heavy (non-hydrogen) atoms. The van der Waals surface area contributed by atoms with E-state index in [0.29, 0.717) is 17.4 Å². The fourth-order valence-electron chi connectivity index (χ4n) is 1.13. The molecule has 0 bridgehead atoms. The number of benzene rings is 1. The minimum Gasteiger partial charge on any atom is -0.439 e. The van der Waals surface area contributed by atoms with Crippen LogP contribution >= 0.6 is 15.9 Å². The molecule has 0 atom stereocenters. The number of hydrogen-bond donors (Lipinski definition) is 2. The third-order valence-electron chi connectivity index (χ3n) is 1.81. The smallest absolute Gasteiger partial charge is 0.224 e. The van der Waals surface area contributed by atoms with Gasteiger partial charge in [-0.05, 0) is 18.2 Å². The number of aromatic nitrogens is 2. The topological polar surface area (TPSA) is 73.1 Å². The lowest BCUT2D eigenvalue weighted by molar-refractivity contribution is 0.461. The van der Waals surface area contributed by atoms with Gasteiger partial charge in [-0.2, -0.15) is 0 Å². The first-order chi connectivity index (χ1) is 7.78. The van der Waals surface area contributed by atoms with Crippen LogP contribution in [0, 0.1) is 0 Å². The molecule has 0 amide bonds. The van der Waals surface area contributed by atoms with E-state index in [2.05, 4.69) is 31.3 Å². The molecule has 0 unspecified atom stereocenters. The Hall–Kier alpha value is -1.66. The van der Waals surface area contributed by atoms with Gasteiger partial charge in [-0.1, -0.05) is 22.0 Å². The first-order valence-corrected chi connectivity index (χ1v) is 5.29. The molecule has 0 aliphatic heterocycles. The average molecular weight is 281 g/mol. The number of nitrogen functional groups attached to an aromatic ring is 1. The van der Waals surface area contributed by atoms with Gasteiger partial charge in [0, 0.05) is 10.5 Å². The molecule has 2 rings (SSSR count). The second-order valence-electron chi connectivity index (χ2n) is 2.95. The Morgan fingerprint density at radius 1 is 1.25 bits per heavy atom. The number of nitrogens with zero attached hydrogens (tertiary/aromatic N) is 2. The predicted molar refractivity (Wildman–Crippen MR) is 64.1 cm³/mol. The van der Waals surface area contributed by atoms with Gasteiger partial charge in [-0.3, -0.25) is 0 Å². The zero-order valence-corrected chi connectivity index (χ0v) is 9.81. The zero-order valence-electron chi connectivity index (χ0n) is 8.22. The standard InChI is InChI=1S/C10H9BrN4O/c11-7-2-1-3-8(4-7)16-10-5-9(15-12)13-6-14-10/h1-6H,12H2,(H,13,14,15). The maximum absolute atomic E-state index is 5.52. The van der Waals surface area contributed by atoms with Gasteiger partial charge < -0.3 is 10.2 Å². The van der Waals surface area contributed by atoms with Crippen molar-refractivity contribution in [1.29, 1.82) is 0 Å². The first-order valence-electron chi connectivity index (χ1n) is 4.50. The minimum atomic E-state index is 0.432. The van der Waals surface area contributed by atoms with E-state index in [1.54, 1.807) is 6.07 Å². The number of anilines is 1. The van der Waals surface area contributed by atoms with Crippen LogP contribution in [0.1, 0.15) is 0 Å². The van der Waals surface area contributed by atoms with Crippen LogP contribution in [0.25, 0.3) is 0 Å². The van der Waals surface area contributed by atoms with Crippen LogP contribution in [0.15, 0.2) is 41.1 Å². The van der Waals surface area contributed by atoms with Crippen LogP contribution in [0.4, 0.5) is 5.82 Å². The molecule has 6 heteroatoms. The van der Waals surface area contributed by atoms with Gasteiger partial charge in [-0.25, -0.2) is 15.8 Å². The molecule has 0 saturated heterocycles. The first kappa shape index (κ1) is 10.8. The van der Waals surface area contributed by atoms with Crippen LogP contribution < -0.4 is 16.0 Å². The maximum atomic E-state index is 5.52. The summed E-state index contributed by atoms with van der Waals surface area (Å²) in [4.78, 5) is 7.85. The Morgan fingerprint density at radius 3 is 2.88 bits per heavy atom. The van der Waals surface area contributed by atoms with E-state index in [0.717, 1.165) is 4.47 Å². The fourth-order valence-corrected chi connectivity index (χ4v) is 1.50. The highest BCUT2D eigenvalue weighted by molar-refractivity contribution is 9.10. The third kappa shape index (κ3) is 2.68. The van der Waals surface area contributed by atoms with E-state index in [1.807, 2.05) is 24.3 Å². The van der Waals surface area contributed by atoms with Crippen LogP contribution in [-0.4, -0.2) is 9.97 Å². The Bertz CT molecular complexity index is 492. The molecule has 82 valence electrons. The van der Waals surface area contributed by atoms with Crippen molar-refractivity contribution in [2.24, 2.45) is 5.84 Å². The van der Waals surface area contributed by atoms with Gasteiger partial charge in [0.25, 0.3) is 0 Å². The highest BCUT2D eigenvalue weighted by Crippen LogP contribution is 2.23. The summed E-state index contributed by atoms with van der Waals surface area (Å²) in [6.07, 6.45) is 1.38. The second-order valence-corrected chi connectivity index (χ2v) is 3.86. The molecule has 5 nitrogen and oxygen atoms in total. The van der Waals surface area contributed by atoms with Gasteiger partial charge in [0.1, 0.15) is 17.9 Å². The largest absolute Gasteiger partial charge is 0.439 e. The number of hydrazine groups is 1. The van der Waals surface area contributed by atoms with Crippen molar-refractivity contribution in [1.82, 2.24) is 9.97 Å². The number of nitrogens with two attached hydrogens (primary N) is 1. The lowest BCUT2D eigenvalue weighted by Crippen LogP contribution is -2.08. The van der Waals surface area contributed by atoms with Crippen molar-refractivity contribution >= 4 is 21.7 Å². The minimum absolute atomic E-state index is 0.432. The van der Waals surface area contributed by atoms with Gasteiger partial charge in [0.2, 0.25) is 5.88 Å². The molecule has 3 N–H and O–H groups in total. The van der Waals surface area contributed by atoms with Crippen LogP contribution in [0.3, 0.4) is 0 Å². The normalized spacial score (nSPS) is 9.88. The molecule has 0 radical (unpaired) electrons. The summed E-state index contributed by atoms with van der Waals surface area (Å²) >= 11 is 3.36. The molecule has 0 aliphatic rings. The fraction of sp³-hybridized carbons (Fsp3) is 0. The number of nitrogens with one attached hydrogen (secondary N) is 1. The summed E-state index contributed by atoms with van der Waals surface area (Å²) < 4.78 is 6.47. The molecule has 0 fully saturated rings. The summed E-state index contributed by atoms with van der Waals surface area (Å²) in [5, 5.41) is 0. The van der Waals surface area contributed by atoms with E-state index in [-0.39, 0.29) is 0 Å². The molecule has 1 aromatic carbocycles. The summed E-state index contributed by atoms with van der Waals surface area (Å²) in [5.41, 5.74) is 2.42. The van der Waals surface area contributed by atoms with E-state index >= 15 is 0 Å². The number of hydrogen-bond acceptors (Lipinski definition) is 5.